The van der Waals surface area contributed by atoms with Gasteiger partial charge in [-0.05, 0) is 36.1 Å². The number of nitrogens with zero attached hydrogens (tertiary/aromatic N) is 3. The van der Waals surface area contributed by atoms with Crippen molar-refractivity contribution in [2.45, 2.75) is 26.3 Å². The Labute approximate surface area is 140 Å². The minimum atomic E-state index is -0.966. The summed E-state index contributed by atoms with van der Waals surface area (Å²) < 4.78 is 2.02. The molecule has 1 unspecified atom stereocenters. The molecule has 0 aliphatic heterocycles. The third kappa shape index (κ3) is 3.35. The van der Waals surface area contributed by atoms with Crippen LogP contribution in [0.4, 0.5) is 0 Å². The van der Waals surface area contributed by atoms with Gasteiger partial charge in [0.2, 0.25) is 0 Å². The van der Waals surface area contributed by atoms with Gasteiger partial charge in [-0.1, -0.05) is 31.2 Å². The monoisotopic (exact) mass is 321 g/mol. The lowest BCUT2D eigenvalue weighted by Gasteiger charge is -2.15. The van der Waals surface area contributed by atoms with Crippen molar-refractivity contribution < 1.29 is 9.90 Å². The van der Waals surface area contributed by atoms with Crippen LogP contribution < -0.4 is 0 Å². The second-order valence-electron chi connectivity index (χ2n) is 5.95. The zero-order valence-electron chi connectivity index (χ0n) is 13.7. The van der Waals surface area contributed by atoms with Gasteiger partial charge >= 0.3 is 5.97 Å². The van der Waals surface area contributed by atoms with Crippen molar-refractivity contribution in [1.29, 1.82) is 0 Å². The van der Waals surface area contributed by atoms with E-state index < -0.39 is 5.97 Å². The summed E-state index contributed by atoms with van der Waals surface area (Å²) in [6, 6.07) is 11.4. The molecule has 0 spiro atoms. The van der Waals surface area contributed by atoms with Gasteiger partial charge in [0.05, 0.1) is 17.6 Å². The molecule has 0 fully saturated rings. The van der Waals surface area contributed by atoms with E-state index in [0.29, 0.717) is 17.3 Å². The average molecular weight is 321 g/mol. The standard InChI is InChI=1S/C19H19N3O2/c1-13-5-3-4-6-16(13)14(2)10-22-11-18(21-12-22)17-9-15(19(23)24)7-8-20-17/h3-9,11-12,14H,10H2,1-2H3,(H,23,24). The van der Waals surface area contributed by atoms with Gasteiger partial charge in [-0.2, -0.15) is 0 Å². The Morgan fingerprint density at radius 1 is 1.21 bits per heavy atom. The molecule has 122 valence electrons. The molecule has 1 atom stereocenters. The number of carboxylic acid groups (broad SMARTS) is 1. The first kappa shape index (κ1) is 15.9. The molecule has 3 rings (SSSR count). The summed E-state index contributed by atoms with van der Waals surface area (Å²) in [5, 5.41) is 9.08. The van der Waals surface area contributed by atoms with Gasteiger partial charge in [0.1, 0.15) is 5.69 Å². The number of carboxylic acids is 1. The maximum atomic E-state index is 11.1. The number of hydrogen-bond acceptors (Lipinski definition) is 3. The van der Waals surface area contributed by atoms with Crippen molar-refractivity contribution in [3.63, 3.8) is 0 Å². The Balaban J connectivity index is 1.80. The molecule has 5 heteroatoms. The number of aryl methyl sites for hydroxylation is 1. The summed E-state index contributed by atoms with van der Waals surface area (Å²) in [6.07, 6.45) is 5.16. The molecular weight excluding hydrogens is 302 g/mol. The molecule has 0 bridgehead atoms. The lowest BCUT2D eigenvalue weighted by atomic mass is 9.96. The van der Waals surface area contributed by atoms with Crippen LogP contribution >= 0.6 is 0 Å². The van der Waals surface area contributed by atoms with Gasteiger partial charge in [-0.25, -0.2) is 9.78 Å². The minimum Gasteiger partial charge on any atom is -0.478 e. The average Bonchev–Trinajstić information content (AvgIpc) is 3.04. The van der Waals surface area contributed by atoms with E-state index in [1.54, 1.807) is 12.4 Å². The lowest BCUT2D eigenvalue weighted by Crippen LogP contribution is -2.05. The summed E-state index contributed by atoms with van der Waals surface area (Å²) in [5.41, 5.74) is 4.05. The Bertz CT molecular complexity index is 870. The highest BCUT2D eigenvalue weighted by Crippen LogP contribution is 2.22. The molecule has 0 saturated carbocycles. The van der Waals surface area contributed by atoms with Crippen LogP contribution in [-0.4, -0.2) is 25.6 Å². The van der Waals surface area contributed by atoms with E-state index in [4.69, 9.17) is 5.11 Å². The number of aromatic nitrogens is 3. The highest BCUT2D eigenvalue weighted by atomic mass is 16.4. The van der Waals surface area contributed by atoms with Crippen LogP contribution in [0.1, 0.15) is 34.3 Å². The van der Waals surface area contributed by atoms with E-state index in [1.807, 2.05) is 16.8 Å². The van der Waals surface area contributed by atoms with Gasteiger partial charge in [-0.3, -0.25) is 4.98 Å². The molecule has 0 amide bonds. The maximum Gasteiger partial charge on any atom is 0.335 e. The Kier molecular flexibility index (Phi) is 4.42. The molecule has 24 heavy (non-hydrogen) atoms. The van der Waals surface area contributed by atoms with Crippen LogP contribution in [-0.2, 0) is 6.54 Å². The molecule has 0 saturated heterocycles. The maximum absolute atomic E-state index is 11.1. The van der Waals surface area contributed by atoms with Crippen LogP contribution in [0.3, 0.4) is 0 Å². The first-order valence-electron chi connectivity index (χ1n) is 7.81. The van der Waals surface area contributed by atoms with Crippen LogP contribution in [0.25, 0.3) is 11.4 Å². The summed E-state index contributed by atoms with van der Waals surface area (Å²) in [5.74, 6) is -0.613. The molecule has 0 radical (unpaired) electrons. The molecule has 3 aromatic rings. The smallest absolute Gasteiger partial charge is 0.335 e. The molecule has 5 nitrogen and oxygen atoms in total. The van der Waals surface area contributed by atoms with Gasteiger partial charge in [0.25, 0.3) is 0 Å². The topological polar surface area (TPSA) is 68.0 Å². The summed E-state index contributed by atoms with van der Waals surface area (Å²) in [7, 11) is 0. The predicted molar refractivity (Wildman–Crippen MR) is 92.0 cm³/mol. The van der Waals surface area contributed by atoms with E-state index in [9.17, 15) is 4.79 Å². The first-order valence-corrected chi connectivity index (χ1v) is 7.81. The van der Waals surface area contributed by atoms with E-state index in [-0.39, 0.29) is 5.56 Å². The summed E-state index contributed by atoms with van der Waals surface area (Å²) >= 11 is 0. The first-order chi connectivity index (χ1) is 11.5. The van der Waals surface area contributed by atoms with E-state index in [2.05, 4.69) is 42.0 Å². The molecule has 2 heterocycles. The summed E-state index contributed by atoms with van der Waals surface area (Å²) in [4.78, 5) is 19.7. The van der Waals surface area contributed by atoms with Crippen molar-refractivity contribution in [3.8, 4) is 11.4 Å². The Hall–Kier alpha value is -2.95. The van der Waals surface area contributed by atoms with Gasteiger partial charge in [0, 0.05) is 18.9 Å². The fourth-order valence-corrected chi connectivity index (χ4v) is 2.85. The quantitative estimate of drug-likeness (QED) is 0.777. The lowest BCUT2D eigenvalue weighted by molar-refractivity contribution is 0.0697. The molecular formula is C19H19N3O2. The highest BCUT2D eigenvalue weighted by Gasteiger charge is 2.11. The number of benzene rings is 1. The SMILES string of the molecule is Cc1ccccc1C(C)Cn1cnc(-c2cc(C(=O)O)ccn2)c1. The molecule has 1 aromatic carbocycles. The zero-order chi connectivity index (χ0) is 17.1. The second kappa shape index (κ2) is 6.66. The number of rotatable bonds is 5. The van der Waals surface area contributed by atoms with E-state index in [0.717, 1.165) is 6.54 Å². The fourth-order valence-electron chi connectivity index (χ4n) is 2.85. The summed E-state index contributed by atoms with van der Waals surface area (Å²) in [6.45, 7) is 5.11. The minimum absolute atomic E-state index is 0.211. The normalized spacial score (nSPS) is 12.1. The second-order valence-corrected chi connectivity index (χ2v) is 5.95. The third-order valence-electron chi connectivity index (χ3n) is 4.11. The third-order valence-corrected chi connectivity index (χ3v) is 4.11. The van der Waals surface area contributed by atoms with Crippen LogP contribution in [0.2, 0.25) is 0 Å². The largest absolute Gasteiger partial charge is 0.478 e. The van der Waals surface area contributed by atoms with E-state index >= 15 is 0 Å². The van der Waals surface area contributed by atoms with Crippen molar-refractivity contribution in [1.82, 2.24) is 14.5 Å². The van der Waals surface area contributed by atoms with Gasteiger partial charge in [0.15, 0.2) is 0 Å². The fraction of sp³-hybridized carbons (Fsp3) is 0.211. The van der Waals surface area contributed by atoms with Crippen molar-refractivity contribution in [2.24, 2.45) is 0 Å². The van der Waals surface area contributed by atoms with Crippen LogP contribution in [0, 0.1) is 6.92 Å². The Morgan fingerprint density at radius 3 is 2.75 bits per heavy atom. The molecule has 2 aromatic heterocycles. The van der Waals surface area contributed by atoms with E-state index in [1.165, 1.54) is 23.4 Å². The number of pyridine rings is 1. The number of aromatic carboxylic acids is 1. The molecule has 1 N–H and O–H groups in total. The predicted octanol–water partition coefficient (Wildman–Crippen LogP) is 3.76. The van der Waals surface area contributed by atoms with Gasteiger partial charge in [-0.15, -0.1) is 0 Å². The van der Waals surface area contributed by atoms with Crippen molar-refractivity contribution >= 4 is 5.97 Å². The number of hydrogen-bond donors (Lipinski definition) is 1. The van der Waals surface area contributed by atoms with Crippen molar-refractivity contribution in [3.05, 3.63) is 71.8 Å². The molecule has 0 aliphatic carbocycles. The van der Waals surface area contributed by atoms with Gasteiger partial charge < -0.3 is 9.67 Å². The number of carbonyl (C=O) groups is 1. The molecule has 0 aliphatic rings. The van der Waals surface area contributed by atoms with Crippen molar-refractivity contribution in [2.75, 3.05) is 0 Å². The zero-order valence-corrected chi connectivity index (χ0v) is 13.7. The Morgan fingerprint density at radius 2 is 2.00 bits per heavy atom. The number of imidazole rings is 1. The van der Waals surface area contributed by atoms with Crippen LogP contribution in [0.5, 0.6) is 0 Å². The highest BCUT2D eigenvalue weighted by molar-refractivity contribution is 5.88. The van der Waals surface area contributed by atoms with Crippen LogP contribution in [0.15, 0.2) is 55.1 Å².